The molecule has 2 heterocycles. The van der Waals surface area contributed by atoms with Crippen LogP contribution in [0.5, 0.6) is 0 Å². The Balaban J connectivity index is 1.39. The molecule has 0 aromatic heterocycles. The molecule has 36 heavy (non-hydrogen) atoms. The SMILES string of the molecule is CO[C@]1(C)O[C@@H]2[C@@H](O[C@@]1(C)OC)[C@@H]1OC(C)(C)OCC1=C[C@@H]2OCc1ccc(-c2ccccc2)cc1. The second kappa shape index (κ2) is 9.65. The zero-order chi connectivity index (χ0) is 25.6. The van der Waals surface area contributed by atoms with Gasteiger partial charge in [0.2, 0.25) is 11.6 Å². The molecule has 0 saturated carbocycles. The van der Waals surface area contributed by atoms with Crippen molar-refractivity contribution in [3.8, 4) is 11.1 Å². The lowest BCUT2D eigenvalue weighted by Gasteiger charge is -2.57. The van der Waals surface area contributed by atoms with Crippen molar-refractivity contribution < 1.29 is 33.2 Å². The molecule has 0 bridgehead atoms. The van der Waals surface area contributed by atoms with Gasteiger partial charge in [-0.15, -0.1) is 0 Å². The second-order valence-corrected chi connectivity index (χ2v) is 10.3. The van der Waals surface area contributed by atoms with E-state index in [0.717, 1.165) is 11.1 Å². The Labute approximate surface area is 213 Å². The van der Waals surface area contributed by atoms with Gasteiger partial charge in [-0.2, -0.15) is 0 Å². The van der Waals surface area contributed by atoms with Crippen molar-refractivity contribution >= 4 is 0 Å². The Morgan fingerprint density at radius 2 is 1.39 bits per heavy atom. The van der Waals surface area contributed by atoms with Crippen molar-refractivity contribution in [2.24, 2.45) is 0 Å². The Hall–Kier alpha value is -2.10. The molecule has 2 aromatic rings. The van der Waals surface area contributed by atoms with E-state index in [1.165, 1.54) is 11.1 Å². The summed E-state index contributed by atoms with van der Waals surface area (Å²) in [5, 5.41) is 0. The van der Waals surface area contributed by atoms with Crippen molar-refractivity contribution in [1.29, 1.82) is 0 Å². The topological polar surface area (TPSA) is 64.6 Å². The Morgan fingerprint density at radius 3 is 2.03 bits per heavy atom. The fraction of sp³-hybridized carbons (Fsp3) is 0.517. The van der Waals surface area contributed by atoms with Gasteiger partial charge in [0.15, 0.2) is 5.79 Å². The third kappa shape index (κ3) is 4.65. The second-order valence-electron chi connectivity index (χ2n) is 10.3. The van der Waals surface area contributed by atoms with E-state index in [2.05, 4.69) is 36.4 Å². The lowest BCUT2D eigenvalue weighted by atomic mass is 9.86. The van der Waals surface area contributed by atoms with E-state index in [9.17, 15) is 0 Å². The van der Waals surface area contributed by atoms with Crippen LogP contribution in [0, 0.1) is 0 Å². The van der Waals surface area contributed by atoms with Gasteiger partial charge in [-0.05, 0) is 56.0 Å². The highest BCUT2D eigenvalue weighted by molar-refractivity contribution is 5.63. The summed E-state index contributed by atoms with van der Waals surface area (Å²) in [6, 6.07) is 18.7. The molecule has 0 spiro atoms. The molecule has 5 rings (SSSR count). The minimum Gasteiger partial charge on any atom is -0.367 e. The first-order valence-corrected chi connectivity index (χ1v) is 12.4. The van der Waals surface area contributed by atoms with Crippen molar-refractivity contribution in [2.45, 2.75) is 76.1 Å². The molecular weight excluding hydrogens is 460 g/mol. The molecule has 3 aliphatic rings. The molecule has 2 saturated heterocycles. The molecular formula is C29H36O7. The zero-order valence-corrected chi connectivity index (χ0v) is 21.9. The van der Waals surface area contributed by atoms with Crippen LogP contribution in [-0.4, -0.2) is 62.6 Å². The predicted octanol–water partition coefficient (Wildman–Crippen LogP) is 4.84. The highest BCUT2D eigenvalue weighted by Gasteiger charge is 2.62. The summed E-state index contributed by atoms with van der Waals surface area (Å²) >= 11 is 0. The third-order valence-electron chi connectivity index (χ3n) is 7.52. The molecule has 7 nitrogen and oxygen atoms in total. The number of fused-ring (bicyclic) bond motifs is 3. The lowest BCUT2D eigenvalue weighted by Crippen LogP contribution is -2.71. The van der Waals surface area contributed by atoms with E-state index in [1.54, 1.807) is 14.2 Å². The first-order valence-electron chi connectivity index (χ1n) is 12.4. The minimum absolute atomic E-state index is 0.348. The van der Waals surface area contributed by atoms with Crippen molar-refractivity contribution in [1.82, 2.24) is 0 Å². The molecule has 0 N–H and O–H groups in total. The van der Waals surface area contributed by atoms with Gasteiger partial charge < -0.3 is 33.2 Å². The molecule has 6 atom stereocenters. The summed E-state index contributed by atoms with van der Waals surface area (Å²) in [6.45, 7) is 8.29. The normalized spacial score (nSPS) is 35.4. The maximum absolute atomic E-state index is 6.57. The fourth-order valence-corrected chi connectivity index (χ4v) is 5.06. The van der Waals surface area contributed by atoms with Crippen LogP contribution >= 0.6 is 0 Å². The van der Waals surface area contributed by atoms with E-state index in [1.807, 2.05) is 52.0 Å². The lowest BCUT2D eigenvalue weighted by molar-refractivity contribution is -0.465. The van der Waals surface area contributed by atoms with Crippen LogP contribution in [0.25, 0.3) is 11.1 Å². The predicted molar refractivity (Wildman–Crippen MR) is 134 cm³/mol. The number of hydrogen-bond donors (Lipinski definition) is 0. The van der Waals surface area contributed by atoms with Gasteiger partial charge in [0.25, 0.3) is 0 Å². The number of benzene rings is 2. The third-order valence-corrected chi connectivity index (χ3v) is 7.52. The summed E-state index contributed by atoms with van der Waals surface area (Å²) < 4.78 is 43.3. The van der Waals surface area contributed by atoms with Gasteiger partial charge in [-0.1, -0.05) is 54.6 Å². The Kier molecular flexibility index (Phi) is 6.85. The maximum Gasteiger partial charge on any atom is 0.220 e. The van der Waals surface area contributed by atoms with Crippen molar-refractivity contribution in [3.63, 3.8) is 0 Å². The standard InChI is InChI=1S/C29H36O7/c1-27(2)33-18-22-16-23(32-17-19-12-14-21(15-13-19)20-10-8-7-9-11-20)25-26(24(22)34-27)36-29(4,31-6)28(3,30-5)35-25/h7-16,23-26H,17-18H2,1-6H3/t23-,24+,25-,26-,28+,29+/m0/s1. The van der Waals surface area contributed by atoms with Crippen molar-refractivity contribution in [3.05, 3.63) is 71.8 Å². The van der Waals surface area contributed by atoms with Gasteiger partial charge in [0, 0.05) is 14.2 Å². The minimum atomic E-state index is -1.14. The van der Waals surface area contributed by atoms with Gasteiger partial charge in [-0.25, -0.2) is 0 Å². The molecule has 1 aliphatic carbocycles. The molecule has 2 aliphatic heterocycles. The van der Waals surface area contributed by atoms with Crippen molar-refractivity contribution in [2.75, 3.05) is 20.8 Å². The summed E-state index contributed by atoms with van der Waals surface area (Å²) in [5.74, 6) is -3.03. The van der Waals surface area contributed by atoms with Gasteiger partial charge in [-0.3, -0.25) is 0 Å². The largest absolute Gasteiger partial charge is 0.367 e. The summed E-state index contributed by atoms with van der Waals surface area (Å²) in [5.41, 5.74) is 4.39. The fourth-order valence-electron chi connectivity index (χ4n) is 5.06. The number of hydrogen-bond acceptors (Lipinski definition) is 7. The molecule has 7 heteroatoms. The first kappa shape index (κ1) is 25.5. The Morgan fingerprint density at radius 1 is 0.778 bits per heavy atom. The van der Waals surface area contributed by atoms with Crippen LogP contribution in [0.15, 0.2) is 66.2 Å². The molecule has 0 unspecified atom stereocenters. The highest BCUT2D eigenvalue weighted by atomic mass is 16.8. The van der Waals surface area contributed by atoms with E-state index in [4.69, 9.17) is 33.2 Å². The highest BCUT2D eigenvalue weighted by Crippen LogP contribution is 2.46. The average molecular weight is 497 g/mol. The number of ether oxygens (including phenoxy) is 7. The van der Waals surface area contributed by atoms with Crippen LogP contribution in [0.4, 0.5) is 0 Å². The number of rotatable bonds is 6. The van der Waals surface area contributed by atoms with Crippen LogP contribution < -0.4 is 0 Å². The van der Waals surface area contributed by atoms with Gasteiger partial charge >= 0.3 is 0 Å². The monoisotopic (exact) mass is 496 g/mol. The van der Waals surface area contributed by atoms with E-state index >= 15 is 0 Å². The van der Waals surface area contributed by atoms with Crippen LogP contribution in [-0.2, 0) is 39.8 Å². The molecule has 0 radical (unpaired) electrons. The van der Waals surface area contributed by atoms with Crippen LogP contribution in [0.1, 0.15) is 33.3 Å². The molecule has 194 valence electrons. The van der Waals surface area contributed by atoms with E-state index in [-0.39, 0.29) is 12.2 Å². The number of methoxy groups -OCH3 is 2. The molecule has 2 aromatic carbocycles. The maximum atomic E-state index is 6.57. The van der Waals surface area contributed by atoms with Gasteiger partial charge in [0.1, 0.15) is 24.4 Å². The molecule has 0 amide bonds. The van der Waals surface area contributed by atoms with E-state index < -0.39 is 29.6 Å². The summed E-state index contributed by atoms with van der Waals surface area (Å²) in [6.07, 6.45) is 0.379. The zero-order valence-electron chi connectivity index (χ0n) is 21.9. The molecule has 2 fully saturated rings. The van der Waals surface area contributed by atoms with Crippen LogP contribution in [0.2, 0.25) is 0 Å². The Bertz CT molecular complexity index is 1080. The summed E-state index contributed by atoms with van der Waals surface area (Å²) in [7, 11) is 3.17. The van der Waals surface area contributed by atoms with Crippen LogP contribution in [0.3, 0.4) is 0 Å². The summed E-state index contributed by atoms with van der Waals surface area (Å²) in [4.78, 5) is 0. The van der Waals surface area contributed by atoms with Gasteiger partial charge in [0.05, 0.1) is 13.2 Å². The average Bonchev–Trinajstić information content (AvgIpc) is 2.89. The first-order chi connectivity index (χ1) is 17.2. The smallest absolute Gasteiger partial charge is 0.220 e. The quantitative estimate of drug-likeness (QED) is 0.530. The van der Waals surface area contributed by atoms with E-state index in [0.29, 0.717) is 13.2 Å².